The van der Waals surface area contributed by atoms with Crippen molar-refractivity contribution in [2.45, 2.75) is 25.3 Å². The van der Waals surface area contributed by atoms with Gasteiger partial charge in [0.25, 0.3) is 5.91 Å². The molecule has 16 heavy (non-hydrogen) atoms. The van der Waals surface area contributed by atoms with Crippen LogP contribution in [0.5, 0.6) is 0 Å². The van der Waals surface area contributed by atoms with Gasteiger partial charge in [0, 0.05) is 11.7 Å². The molecular weight excluding hydrogens is 226 g/mol. The highest BCUT2D eigenvalue weighted by Gasteiger charge is 2.28. The number of hydrogen-bond donors (Lipinski definition) is 3. The van der Waals surface area contributed by atoms with Crippen LogP contribution < -0.4 is 10.6 Å². The van der Waals surface area contributed by atoms with Gasteiger partial charge in [-0.3, -0.25) is 4.79 Å². The summed E-state index contributed by atoms with van der Waals surface area (Å²) >= 11 is 0. The molecule has 5 heteroatoms. The van der Waals surface area contributed by atoms with Gasteiger partial charge in [-0.2, -0.15) is 0 Å². The Bertz CT molecular complexity index is 331. The zero-order valence-corrected chi connectivity index (χ0v) is 10.2. The van der Waals surface area contributed by atoms with E-state index in [1.165, 1.54) is 0 Å². The molecule has 2 heterocycles. The third kappa shape index (κ3) is 3.00. The van der Waals surface area contributed by atoms with Crippen molar-refractivity contribution in [1.29, 1.82) is 0 Å². The molecule has 3 N–H and O–H groups in total. The number of H-pyrrole nitrogens is 1. The number of amides is 1. The van der Waals surface area contributed by atoms with Gasteiger partial charge in [-0.25, -0.2) is 0 Å². The van der Waals surface area contributed by atoms with Gasteiger partial charge in [-0.05, 0) is 45.0 Å². The van der Waals surface area contributed by atoms with E-state index in [1.54, 1.807) is 12.3 Å². The molecule has 0 spiro atoms. The summed E-state index contributed by atoms with van der Waals surface area (Å²) in [6, 6.07) is 3.62. The van der Waals surface area contributed by atoms with Gasteiger partial charge >= 0.3 is 0 Å². The Morgan fingerprint density at radius 3 is 2.69 bits per heavy atom. The molecule has 2 rings (SSSR count). The predicted octanol–water partition coefficient (Wildman–Crippen LogP) is 1.31. The largest absolute Gasteiger partial charge is 0.357 e. The van der Waals surface area contributed by atoms with Crippen LogP contribution in [0.4, 0.5) is 0 Å². The minimum Gasteiger partial charge on any atom is -0.357 e. The van der Waals surface area contributed by atoms with Crippen LogP contribution in [0.25, 0.3) is 0 Å². The van der Waals surface area contributed by atoms with E-state index in [2.05, 4.69) is 22.5 Å². The van der Waals surface area contributed by atoms with Crippen LogP contribution in [0, 0.1) is 0 Å². The van der Waals surface area contributed by atoms with Gasteiger partial charge in [0.2, 0.25) is 0 Å². The van der Waals surface area contributed by atoms with E-state index in [0.29, 0.717) is 5.69 Å². The molecule has 0 aliphatic carbocycles. The van der Waals surface area contributed by atoms with Crippen molar-refractivity contribution in [3.8, 4) is 0 Å². The zero-order chi connectivity index (χ0) is 10.7. The lowest BCUT2D eigenvalue weighted by molar-refractivity contribution is 0.0883. The molecule has 0 unspecified atom stereocenters. The number of carbonyl (C=O) groups excluding carboxylic acids is 1. The van der Waals surface area contributed by atoms with Crippen molar-refractivity contribution < 1.29 is 4.79 Å². The highest BCUT2D eigenvalue weighted by molar-refractivity contribution is 5.92. The maximum atomic E-state index is 11.8. The number of piperidine rings is 1. The molecule has 0 aromatic carbocycles. The fourth-order valence-corrected chi connectivity index (χ4v) is 1.92. The first-order valence-corrected chi connectivity index (χ1v) is 5.36. The molecular formula is C11H18ClN3O. The maximum Gasteiger partial charge on any atom is 0.268 e. The highest BCUT2D eigenvalue weighted by Crippen LogP contribution is 2.17. The second-order valence-corrected chi connectivity index (χ2v) is 4.35. The van der Waals surface area contributed by atoms with E-state index in [1.807, 2.05) is 6.07 Å². The first-order valence-electron chi connectivity index (χ1n) is 5.36. The normalized spacial score (nSPS) is 18.6. The highest BCUT2D eigenvalue weighted by atomic mass is 35.5. The molecule has 1 aromatic rings. The number of aromatic amines is 1. The Balaban J connectivity index is 0.00000128. The lowest BCUT2D eigenvalue weighted by Crippen LogP contribution is -2.52. The lowest BCUT2D eigenvalue weighted by Gasteiger charge is -2.34. The van der Waals surface area contributed by atoms with Crippen LogP contribution in [0.15, 0.2) is 18.3 Å². The Labute approximate surface area is 102 Å². The van der Waals surface area contributed by atoms with Gasteiger partial charge < -0.3 is 15.6 Å². The predicted molar refractivity (Wildman–Crippen MR) is 66.0 cm³/mol. The van der Waals surface area contributed by atoms with E-state index in [4.69, 9.17) is 0 Å². The summed E-state index contributed by atoms with van der Waals surface area (Å²) in [6.45, 7) is 4.05. The summed E-state index contributed by atoms with van der Waals surface area (Å²) in [6.07, 6.45) is 3.73. The van der Waals surface area contributed by atoms with Crippen molar-refractivity contribution in [3.63, 3.8) is 0 Å². The average Bonchev–Trinajstić information content (AvgIpc) is 2.70. The molecule has 0 atom stereocenters. The summed E-state index contributed by atoms with van der Waals surface area (Å²) in [7, 11) is 0. The molecule has 4 nitrogen and oxygen atoms in total. The Morgan fingerprint density at radius 1 is 1.44 bits per heavy atom. The van der Waals surface area contributed by atoms with E-state index in [0.717, 1.165) is 25.9 Å². The monoisotopic (exact) mass is 243 g/mol. The van der Waals surface area contributed by atoms with Crippen LogP contribution in [0.2, 0.25) is 0 Å². The summed E-state index contributed by atoms with van der Waals surface area (Å²) in [4.78, 5) is 14.7. The standard InChI is InChI=1S/C11H17N3O.ClH/c1-11(4-7-12-8-5-11)14-10(15)9-3-2-6-13-9;/h2-3,6,12-13H,4-5,7-8H2,1H3,(H,14,15);1H. The molecule has 1 aliphatic rings. The van der Waals surface area contributed by atoms with Crippen LogP contribution in [-0.4, -0.2) is 29.5 Å². The fourth-order valence-electron chi connectivity index (χ4n) is 1.92. The third-order valence-corrected chi connectivity index (χ3v) is 2.96. The summed E-state index contributed by atoms with van der Waals surface area (Å²) in [5.41, 5.74) is 0.572. The van der Waals surface area contributed by atoms with Crippen LogP contribution in [-0.2, 0) is 0 Å². The molecule has 0 saturated carbocycles. The van der Waals surface area contributed by atoms with Crippen LogP contribution >= 0.6 is 12.4 Å². The van der Waals surface area contributed by atoms with Crippen LogP contribution in [0.1, 0.15) is 30.3 Å². The number of aromatic nitrogens is 1. The second kappa shape index (κ2) is 5.37. The average molecular weight is 244 g/mol. The number of carbonyl (C=O) groups is 1. The van der Waals surface area contributed by atoms with Crippen molar-refractivity contribution in [2.24, 2.45) is 0 Å². The quantitative estimate of drug-likeness (QED) is 0.734. The Kier molecular flexibility index (Phi) is 4.38. The first-order chi connectivity index (χ1) is 7.20. The Hall–Kier alpha value is -1.00. The van der Waals surface area contributed by atoms with Gasteiger partial charge in [-0.15, -0.1) is 12.4 Å². The summed E-state index contributed by atoms with van der Waals surface area (Å²) in [5.74, 6) is -0.00981. The summed E-state index contributed by atoms with van der Waals surface area (Å²) in [5, 5.41) is 6.38. The van der Waals surface area contributed by atoms with Gasteiger partial charge in [-0.1, -0.05) is 0 Å². The van der Waals surface area contributed by atoms with Gasteiger partial charge in [0.05, 0.1) is 0 Å². The zero-order valence-electron chi connectivity index (χ0n) is 9.38. The fraction of sp³-hybridized carbons (Fsp3) is 0.545. The van der Waals surface area contributed by atoms with E-state index in [-0.39, 0.29) is 23.9 Å². The smallest absolute Gasteiger partial charge is 0.268 e. The Morgan fingerprint density at radius 2 is 2.12 bits per heavy atom. The minimum absolute atomic E-state index is 0. The van der Waals surface area contributed by atoms with Crippen molar-refractivity contribution in [2.75, 3.05) is 13.1 Å². The van der Waals surface area contributed by atoms with Crippen molar-refractivity contribution in [3.05, 3.63) is 24.0 Å². The van der Waals surface area contributed by atoms with E-state index < -0.39 is 0 Å². The molecule has 1 aliphatic heterocycles. The second-order valence-electron chi connectivity index (χ2n) is 4.35. The molecule has 1 saturated heterocycles. The number of hydrogen-bond acceptors (Lipinski definition) is 2. The maximum absolute atomic E-state index is 11.8. The minimum atomic E-state index is -0.0621. The molecule has 90 valence electrons. The van der Waals surface area contributed by atoms with Gasteiger partial charge in [0.1, 0.15) is 5.69 Å². The SMILES string of the molecule is CC1(NC(=O)c2ccc[nH]2)CCNCC1.Cl. The molecule has 0 bridgehead atoms. The molecule has 1 aromatic heterocycles. The molecule has 1 amide bonds. The molecule has 0 radical (unpaired) electrons. The van der Waals surface area contributed by atoms with Crippen molar-refractivity contribution >= 4 is 18.3 Å². The first kappa shape index (κ1) is 13.1. The summed E-state index contributed by atoms with van der Waals surface area (Å²) < 4.78 is 0. The molecule has 1 fully saturated rings. The lowest BCUT2D eigenvalue weighted by atomic mass is 9.90. The third-order valence-electron chi connectivity index (χ3n) is 2.96. The van der Waals surface area contributed by atoms with E-state index in [9.17, 15) is 4.79 Å². The number of halogens is 1. The number of rotatable bonds is 2. The van der Waals surface area contributed by atoms with Crippen LogP contribution in [0.3, 0.4) is 0 Å². The number of nitrogens with one attached hydrogen (secondary N) is 3. The van der Waals surface area contributed by atoms with Gasteiger partial charge in [0.15, 0.2) is 0 Å². The topological polar surface area (TPSA) is 56.9 Å². The van der Waals surface area contributed by atoms with E-state index >= 15 is 0 Å². The van der Waals surface area contributed by atoms with Crippen molar-refractivity contribution in [1.82, 2.24) is 15.6 Å².